The molecule has 2 nitrogen and oxygen atoms in total. The first-order valence-corrected chi connectivity index (χ1v) is 4.58. The summed E-state index contributed by atoms with van der Waals surface area (Å²) in [4.78, 5) is 11.3. The molecule has 0 aromatic heterocycles. The Balaban J connectivity index is 2.73. The maximum Gasteiger partial charge on any atom is 0.159 e. The van der Waals surface area contributed by atoms with Crippen LogP contribution in [-0.4, -0.2) is 17.5 Å². The fourth-order valence-electron chi connectivity index (χ4n) is 1.35. The van der Waals surface area contributed by atoms with E-state index < -0.39 is 0 Å². The van der Waals surface area contributed by atoms with Crippen LogP contribution in [0.5, 0.6) is 0 Å². The van der Waals surface area contributed by atoms with Gasteiger partial charge in [-0.3, -0.25) is 4.79 Å². The Kier molecular flexibility index (Phi) is 3.72. The van der Waals surface area contributed by atoms with Gasteiger partial charge in [0.1, 0.15) is 0 Å². The van der Waals surface area contributed by atoms with Gasteiger partial charge in [0.05, 0.1) is 6.61 Å². The van der Waals surface area contributed by atoms with Crippen LogP contribution in [0.3, 0.4) is 0 Å². The number of Topliss-reactive ketones (excluding diaryl/α,β-unsaturated/α-hetero) is 1. The van der Waals surface area contributed by atoms with Crippen LogP contribution in [0.1, 0.15) is 32.6 Å². The van der Waals surface area contributed by atoms with Gasteiger partial charge in [0.25, 0.3) is 0 Å². The molecule has 2 heteroatoms. The fraction of sp³-hybridized carbons (Fsp3) is 0.545. The monoisotopic (exact) mass is 178 g/mol. The van der Waals surface area contributed by atoms with Crippen molar-refractivity contribution < 1.29 is 9.90 Å². The zero-order chi connectivity index (χ0) is 9.68. The smallest absolute Gasteiger partial charge is 0.159 e. The number of hydrogen-bond donors (Lipinski definition) is 1. The summed E-state index contributed by atoms with van der Waals surface area (Å²) in [6.45, 7) is 1.93. The van der Waals surface area contributed by atoms with Crippen molar-refractivity contribution in [2.45, 2.75) is 32.6 Å². The van der Waals surface area contributed by atoms with Gasteiger partial charge in [-0.15, -0.1) is 0 Å². The molecule has 0 fully saturated rings. The third kappa shape index (κ3) is 2.71. The average Bonchev–Trinajstić information content (AvgIpc) is 2.13. The topological polar surface area (TPSA) is 37.3 Å². The van der Waals surface area contributed by atoms with Crippen molar-refractivity contribution in [3.63, 3.8) is 0 Å². The van der Waals surface area contributed by atoms with E-state index in [1.165, 1.54) is 0 Å². The maximum absolute atomic E-state index is 11.3. The number of carbonyl (C=O) groups is 1. The molecule has 0 saturated carbocycles. The van der Waals surface area contributed by atoms with Crippen molar-refractivity contribution >= 4 is 5.78 Å². The van der Waals surface area contributed by atoms with Crippen molar-refractivity contribution in [1.82, 2.24) is 0 Å². The standard InChI is InChI=1S/C11H14O2/c1-9-10(5-2-3-8-12)6-4-7-11(9)13/h12H,3-4,6-8H2,1H3. The largest absolute Gasteiger partial charge is 0.395 e. The predicted molar refractivity (Wildman–Crippen MR) is 51.0 cm³/mol. The van der Waals surface area contributed by atoms with Crippen LogP contribution in [0, 0.1) is 11.8 Å². The minimum Gasteiger partial charge on any atom is -0.395 e. The summed E-state index contributed by atoms with van der Waals surface area (Å²) < 4.78 is 0. The van der Waals surface area contributed by atoms with Crippen LogP contribution >= 0.6 is 0 Å². The molecule has 0 atom stereocenters. The molecular weight excluding hydrogens is 164 g/mol. The SMILES string of the molecule is CC1=C(C#CCCO)CCCC1=O. The summed E-state index contributed by atoms with van der Waals surface area (Å²) in [6, 6.07) is 0. The Hall–Kier alpha value is -1.07. The lowest BCUT2D eigenvalue weighted by Crippen LogP contribution is -2.08. The molecule has 1 aliphatic carbocycles. The predicted octanol–water partition coefficient (Wildman–Crippen LogP) is 1.44. The van der Waals surface area contributed by atoms with Gasteiger partial charge >= 0.3 is 0 Å². The van der Waals surface area contributed by atoms with Crippen molar-refractivity contribution in [1.29, 1.82) is 0 Å². The number of allylic oxidation sites excluding steroid dienone is 2. The summed E-state index contributed by atoms with van der Waals surface area (Å²) in [5, 5.41) is 8.53. The van der Waals surface area contributed by atoms with Gasteiger partial charge in [-0.05, 0) is 19.8 Å². The second-order valence-corrected chi connectivity index (χ2v) is 3.16. The third-order valence-electron chi connectivity index (χ3n) is 2.18. The molecule has 0 bridgehead atoms. The summed E-state index contributed by atoms with van der Waals surface area (Å²) in [7, 11) is 0. The van der Waals surface area contributed by atoms with Crippen LogP contribution in [0.25, 0.3) is 0 Å². The van der Waals surface area contributed by atoms with Crippen LogP contribution in [0.15, 0.2) is 11.1 Å². The molecule has 1 aliphatic rings. The van der Waals surface area contributed by atoms with E-state index in [9.17, 15) is 4.79 Å². The Labute approximate surface area is 78.6 Å². The highest BCUT2D eigenvalue weighted by molar-refractivity contribution is 5.97. The molecular formula is C11H14O2. The third-order valence-corrected chi connectivity index (χ3v) is 2.18. The van der Waals surface area contributed by atoms with Gasteiger partial charge in [-0.1, -0.05) is 11.8 Å². The fourth-order valence-corrected chi connectivity index (χ4v) is 1.35. The second-order valence-electron chi connectivity index (χ2n) is 3.16. The van der Waals surface area contributed by atoms with Crippen molar-refractivity contribution in [3.05, 3.63) is 11.1 Å². The van der Waals surface area contributed by atoms with E-state index in [0.717, 1.165) is 24.0 Å². The second kappa shape index (κ2) is 4.84. The number of hydrogen-bond acceptors (Lipinski definition) is 2. The number of rotatable bonds is 1. The quantitative estimate of drug-likeness (QED) is 0.617. The molecule has 0 aromatic rings. The summed E-state index contributed by atoms with van der Waals surface area (Å²) in [6.07, 6.45) is 2.98. The normalized spacial score (nSPS) is 16.9. The van der Waals surface area contributed by atoms with E-state index in [-0.39, 0.29) is 12.4 Å². The maximum atomic E-state index is 11.3. The summed E-state index contributed by atoms with van der Waals surface area (Å²) in [5.74, 6) is 6.02. The number of aliphatic hydroxyl groups excluding tert-OH is 1. The Morgan fingerprint density at radius 3 is 2.92 bits per heavy atom. The number of carbonyl (C=O) groups excluding carboxylic acids is 1. The van der Waals surface area contributed by atoms with Crippen molar-refractivity contribution in [2.24, 2.45) is 0 Å². The van der Waals surface area contributed by atoms with E-state index in [0.29, 0.717) is 12.8 Å². The van der Waals surface area contributed by atoms with E-state index in [4.69, 9.17) is 5.11 Å². The van der Waals surface area contributed by atoms with Crippen LogP contribution < -0.4 is 0 Å². The van der Waals surface area contributed by atoms with Gasteiger partial charge in [-0.2, -0.15) is 0 Å². The van der Waals surface area contributed by atoms with E-state index in [2.05, 4.69) is 11.8 Å². The van der Waals surface area contributed by atoms with E-state index in [1.807, 2.05) is 6.92 Å². The molecule has 1 rings (SSSR count). The molecule has 0 amide bonds. The Bertz CT molecular complexity index is 289. The first-order chi connectivity index (χ1) is 6.25. The van der Waals surface area contributed by atoms with Crippen LogP contribution in [0.2, 0.25) is 0 Å². The molecule has 0 aromatic carbocycles. The first kappa shape index (κ1) is 10.0. The molecule has 13 heavy (non-hydrogen) atoms. The zero-order valence-electron chi connectivity index (χ0n) is 7.89. The summed E-state index contributed by atoms with van der Waals surface area (Å²) >= 11 is 0. The first-order valence-electron chi connectivity index (χ1n) is 4.58. The van der Waals surface area contributed by atoms with Crippen LogP contribution in [0.4, 0.5) is 0 Å². The molecule has 1 N–H and O–H groups in total. The average molecular weight is 178 g/mol. The Morgan fingerprint density at radius 2 is 2.23 bits per heavy atom. The zero-order valence-corrected chi connectivity index (χ0v) is 7.89. The lowest BCUT2D eigenvalue weighted by molar-refractivity contribution is -0.116. The van der Waals surface area contributed by atoms with E-state index >= 15 is 0 Å². The molecule has 0 aliphatic heterocycles. The van der Waals surface area contributed by atoms with Gasteiger partial charge in [0, 0.05) is 24.0 Å². The molecule has 0 unspecified atom stereocenters. The van der Waals surface area contributed by atoms with Gasteiger partial charge < -0.3 is 5.11 Å². The molecule has 0 saturated heterocycles. The van der Waals surface area contributed by atoms with Gasteiger partial charge in [-0.25, -0.2) is 0 Å². The minimum absolute atomic E-state index is 0.0905. The summed E-state index contributed by atoms with van der Waals surface area (Å²) in [5.41, 5.74) is 1.78. The minimum atomic E-state index is 0.0905. The molecule has 0 radical (unpaired) electrons. The molecule has 0 spiro atoms. The lowest BCUT2D eigenvalue weighted by Gasteiger charge is -2.11. The van der Waals surface area contributed by atoms with Crippen LogP contribution in [-0.2, 0) is 4.79 Å². The van der Waals surface area contributed by atoms with Crippen molar-refractivity contribution in [3.8, 4) is 11.8 Å². The highest BCUT2D eigenvalue weighted by Gasteiger charge is 2.14. The van der Waals surface area contributed by atoms with Crippen molar-refractivity contribution in [2.75, 3.05) is 6.61 Å². The number of ketones is 1. The van der Waals surface area contributed by atoms with Gasteiger partial charge in [0.2, 0.25) is 0 Å². The highest BCUT2D eigenvalue weighted by atomic mass is 16.2. The lowest BCUT2D eigenvalue weighted by atomic mass is 9.92. The number of aliphatic hydroxyl groups is 1. The molecule has 70 valence electrons. The Morgan fingerprint density at radius 1 is 1.46 bits per heavy atom. The molecule has 0 heterocycles. The highest BCUT2D eigenvalue weighted by Crippen LogP contribution is 2.20. The van der Waals surface area contributed by atoms with Gasteiger partial charge in [0.15, 0.2) is 5.78 Å². The van der Waals surface area contributed by atoms with E-state index in [1.54, 1.807) is 0 Å².